The molecule has 1 aliphatic rings. The van der Waals surface area contributed by atoms with Crippen molar-refractivity contribution in [1.82, 2.24) is 4.90 Å². The van der Waals surface area contributed by atoms with E-state index in [1.165, 1.54) is 0 Å². The molecule has 0 N–H and O–H groups in total. The molecule has 1 aromatic heterocycles. The summed E-state index contributed by atoms with van der Waals surface area (Å²) in [5.41, 5.74) is 2.21. The van der Waals surface area contributed by atoms with E-state index >= 15 is 0 Å². The second-order valence-corrected chi connectivity index (χ2v) is 9.00. The van der Waals surface area contributed by atoms with Gasteiger partial charge in [0.25, 0.3) is 5.91 Å². The molecule has 0 aliphatic carbocycles. The molecule has 0 saturated carbocycles. The van der Waals surface area contributed by atoms with Crippen LogP contribution >= 0.6 is 0 Å². The second kappa shape index (κ2) is 9.39. The SMILES string of the molecule is COc1cccc(N2CCN(C(=O)c3ccc(C[S@](=O)c4ccc(C)cc4)o3)CC2)c1. The summed E-state index contributed by atoms with van der Waals surface area (Å²) in [4.78, 5) is 17.7. The zero-order chi connectivity index (χ0) is 21.8. The zero-order valence-electron chi connectivity index (χ0n) is 17.7. The molecule has 0 unspecified atom stereocenters. The summed E-state index contributed by atoms with van der Waals surface area (Å²) in [6.45, 7) is 4.70. The van der Waals surface area contributed by atoms with Crippen LogP contribution in [0.3, 0.4) is 0 Å². The Morgan fingerprint density at radius 1 is 1.03 bits per heavy atom. The minimum absolute atomic E-state index is 0.127. The summed E-state index contributed by atoms with van der Waals surface area (Å²) in [5, 5.41) is 0. The number of amides is 1. The molecule has 0 radical (unpaired) electrons. The van der Waals surface area contributed by atoms with Gasteiger partial charge in [-0.3, -0.25) is 9.00 Å². The Labute approximate surface area is 184 Å². The third-order valence-corrected chi connectivity index (χ3v) is 6.76. The predicted octanol–water partition coefficient (Wildman–Crippen LogP) is 3.87. The standard InChI is InChI=1S/C24H26N2O4S/c1-18-6-9-22(10-7-18)31(28)17-21-8-11-23(30-21)24(27)26-14-12-25(13-15-26)19-4-3-5-20(16-19)29-2/h3-11,16H,12-15,17H2,1-2H3/t31-/m0/s1. The largest absolute Gasteiger partial charge is 0.497 e. The first-order valence-corrected chi connectivity index (χ1v) is 11.6. The molecule has 2 aromatic carbocycles. The number of ether oxygens (including phenoxy) is 1. The maximum atomic E-state index is 12.9. The molecule has 1 atom stereocenters. The van der Waals surface area contributed by atoms with Gasteiger partial charge in [-0.1, -0.05) is 23.8 Å². The first-order valence-electron chi connectivity index (χ1n) is 10.3. The highest BCUT2D eigenvalue weighted by Gasteiger charge is 2.25. The highest BCUT2D eigenvalue weighted by Crippen LogP contribution is 2.23. The van der Waals surface area contributed by atoms with E-state index in [0.717, 1.165) is 35.0 Å². The lowest BCUT2D eigenvalue weighted by molar-refractivity contribution is 0.0713. The molecule has 31 heavy (non-hydrogen) atoms. The van der Waals surface area contributed by atoms with Crippen molar-refractivity contribution in [2.75, 3.05) is 38.2 Å². The highest BCUT2D eigenvalue weighted by molar-refractivity contribution is 7.84. The third kappa shape index (κ3) is 4.99. The summed E-state index contributed by atoms with van der Waals surface area (Å²) in [5.74, 6) is 1.79. The summed E-state index contributed by atoms with van der Waals surface area (Å²) >= 11 is 0. The molecular weight excluding hydrogens is 412 g/mol. The predicted molar refractivity (Wildman–Crippen MR) is 121 cm³/mol. The van der Waals surface area contributed by atoms with Crippen LogP contribution in [-0.4, -0.2) is 48.3 Å². The van der Waals surface area contributed by atoms with E-state index in [1.54, 1.807) is 24.1 Å². The molecule has 0 bridgehead atoms. The van der Waals surface area contributed by atoms with Crippen molar-refractivity contribution in [2.24, 2.45) is 0 Å². The van der Waals surface area contributed by atoms with Gasteiger partial charge in [-0.15, -0.1) is 0 Å². The van der Waals surface area contributed by atoms with Crippen molar-refractivity contribution in [1.29, 1.82) is 0 Å². The van der Waals surface area contributed by atoms with E-state index in [1.807, 2.05) is 55.5 Å². The summed E-state index contributed by atoms with van der Waals surface area (Å²) < 4.78 is 23.6. The van der Waals surface area contributed by atoms with Crippen LogP contribution in [0.1, 0.15) is 21.9 Å². The molecule has 2 heterocycles. The second-order valence-electron chi connectivity index (χ2n) is 7.55. The van der Waals surface area contributed by atoms with Crippen molar-refractivity contribution in [2.45, 2.75) is 17.6 Å². The van der Waals surface area contributed by atoms with Crippen molar-refractivity contribution in [3.05, 3.63) is 77.7 Å². The van der Waals surface area contributed by atoms with Crippen LogP contribution in [0.4, 0.5) is 5.69 Å². The van der Waals surface area contributed by atoms with Gasteiger partial charge in [0.2, 0.25) is 0 Å². The fraction of sp³-hybridized carbons (Fsp3) is 0.292. The van der Waals surface area contributed by atoms with E-state index in [4.69, 9.17) is 9.15 Å². The number of carbonyl (C=O) groups is 1. The minimum Gasteiger partial charge on any atom is -0.497 e. The average Bonchev–Trinajstić information content (AvgIpc) is 3.27. The number of methoxy groups -OCH3 is 1. The number of aryl methyl sites for hydroxylation is 1. The normalized spacial score (nSPS) is 15.0. The van der Waals surface area contributed by atoms with Gasteiger partial charge in [-0.25, -0.2) is 0 Å². The Hall–Kier alpha value is -3.06. The number of hydrogen-bond donors (Lipinski definition) is 0. The molecule has 1 aliphatic heterocycles. The number of carbonyl (C=O) groups excluding carboxylic acids is 1. The van der Waals surface area contributed by atoms with Crippen molar-refractivity contribution in [3.8, 4) is 5.75 Å². The van der Waals surface area contributed by atoms with Crippen LogP contribution in [0, 0.1) is 6.92 Å². The quantitative estimate of drug-likeness (QED) is 0.585. The Bertz CT molecular complexity index is 1070. The van der Waals surface area contributed by atoms with Crippen LogP contribution in [0.25, 0.3) is 0 Å². The summed E-state index contributed by atoms with van der Waals surface area (Å²) in [6, 6.07) is 19.0. The molecule has 1 saturated heterocycles. The lowest BCUT2D eigenvalue weighted by atomic mass is 10.2. The zero-order valence-corrected chi connectivity index (χ0v) is 18.6. The number of nitrogens with zero attached hydrogens (tertiary/aromatic N) is 2. The Kier molecular flexibility index (Phi) is 6.42. The minimum atomic E-state index is -1.21. The molecule has 4 rings (SSSR count). The van der Waals surface area contributed by atoms with Crippen molar-refractivity contribution in [3.63, 3.8) is 0 Å². The molecule has 162 valence electrons. The van der Waals surface area contributed by atoms with Gasteiger partial charge in [0, 0.05) is 42.8 Å². The fourth-order valence-corrected chi connectivity index (χ4v) is 4.62. The maximum absolute atomic E-state index is 12.9. The lowest BCUT2D eigenvalue weighted by Gasteiger charge is -2.35. The van der Waals surface area contributed by atoms with Gasteiger partial charge in [-0.2, -0.15) is 0 Å². The Morgan fingerprint density at radius 3 is 2.48 bits per heavy atom. The molecule has 1 fully saturated rings. The number of hydrogen-bond acceptors (Lipinski definition) is 5. The molecule has 6 nitrogen and oxygen atoms in total. The van der Waals surface area contributed by atoms with Crippen LogP contribution in [0.15, 0.2) is 70.0 Å². The van der Waals surface area contributed by atoms with Gasteiger partial charge in [-0.05, 0) is 43.3 Å². The van der Waals surface area contributed by atoms with E-state index in [0.29, 0.717) is 24.6 Å². The molecular formula is C24H26N2O4S. The van der Waals surface area contributed by atoms with Gasteiger partial charge < -0.3 is 19.0 Å². The van der Waals surface area contributed by atoms with Gasteiger partial charge >= 0.3 is 0 Å². The van der Waals surface area contributed by atoms with E-state index in [-0.39, 0.29) is 11.7 Å². The number of furan rings is 1. The number of anilines is 1. The Balaban J connectivity index is 1.34. The Morgan fingerprint density at radius 2 is 1.77 bits per heavy atom. The molecule has 1 amide bonds. The molecule has 0 spiro atoms. The molecule has 7 heteroatoms. The van der Waals surface area contributed by atoms with E-state index in [9.17, 15) is 9.00 Å². The number of piperazine rings is 1. The van der Waals surface area contributed by atoms with Gasteiger partial charge in [0.1, 0.15) is 11.5 Å². The van der Waals surface area contributed by atoms with E-state index < -0.39 is 10.8 Å². The van der Waals surface area contributed by atoms with E-state index in [2.05, 4.69) is 4.90 Å². The van der Waals surface area contributed by atoms with Crippen LogP contribution in [0.2, 0.25) is 0 Å². The fourth-order valence-electron chi connectivity index (χ4n) is 3.60. The van der Waals surface area contributed by atoms with Crippen molar-refractivity contribution >= 4 is 22.4 Å². The monoisotopic (exact) mass is 438 g/mol. The van der Waals surface area contributed by atoms with Crippen LogP contribution in [-0.2, 0) is 16.6 Å². The van der Waals surface area contributed by atoms with Gasteiger partial charge in [0.15, 0.2) is 5.76 Å². The van der Waals surface area contributed by atoms with Crippen LogP contribution < -0.4 is 9.64 Å². The topological polar surface area (TPSA) is 63.0 Å². The summed E-state index contributed by atoms with van der Waals surface area (Å²) in [6.07, 6.45) is 0. The third-order valence-electron chi connectivity index (χ3n) is 5.42. The average molecular weight is 439 g/mol. The van der Waals surface area contributed by atoms with Crippen LogP contribution in [0.5, 0.6) is 5.75 Å². The molecule has 3 aromatic rings. The number of benzene rings is 2. The smallest absolute Gasteiger partial charge is 0.289 e. The maximum Gasteiger partial charge on any atom is 0.289 e. The summed E-state index contributed by atoms with van der Waals surface area (Å²) in [7, 11) is 0.445. The first kappa shape index (κ1) is 21.2. The van der Waals surface area contributed by atoms with Gasteiger partial charge in [0.05, 0.1) is 23.7 Å². The lowest BCUT2D eigenvalue weighted by Crippen LogP contribution is -2.48. The number of rotatable bonds is 6. The van der Waals surface area contributed by atoms with Crippen molar-refractivity contribution < 1.29 is 18.2 Å². The first-order chi connectivity index (χ1) is 15.0. The highest BCUT2D eigenvalue weighted by atomic mass is 32.2.